The standard InChI is InChI=1S/C16H19F5O7S/c1-27-11(22)13-3-8-2-9(4-13)6-14(5-8,7-13)12(23)28-10(15(17,18)19)16(20,21)29(24,25)26/h8-10H,2-7H2,1H3,(H,24,25,26). The van der Waals surface area contributed by atoms with Crippen molar-refractivity contribution in [1.29, 1.82) is 0 Å². The second kappa shape index (κ2) is 6.50. The van der Waals surface area contributed by atoms with E-state index >= 15 is 0 Å². The van der Waals surface area contributed by atoms with Gasteiger partial charge in [-0.1, -0.05) is 0 Å². The summed E-state index contributed by atoms with van der Waals surface area (Å²) in [4.78, 5) is 25.0. The number of carbonyl (C=O) groups excluding carboxylic acids is 2. The van der Waals surface area contributed by atoms with Crippen molar-refractivity contribution in [3.63, 3.8) is 0 Å². The molecule has 4 aliphatic rings. The fraction of sp³-hybridized carbons (Fsp3) is 0.875. The van der Waals surface area contributed by atoms with Crippen LogP contribution in [0.3, 0.4) is 0 Å². The van der Waals surface area contributed by atoms with Crippen LogP contribution in [0.15, 0.2) is 0 Å². The monoisotopic (exact) mass is 450 g/mol. The summed E-state index contributed by atoms with van der Waals surface area (Å²) in [7, 11) is -5.38. The molecule has 0 aromatic heterocycles. The van der Waals surface area contributed by atoms with Crippen LogP contribution < -0.4 is 0 Å². The molecule has 4 rings (SSSR count). The number of rotatable bonds is 5. The lowest BCUT2D eigenvalue weighted by Crippen LogP contribution is -2.60. The van der Waals surface area contributed by atoms with E-state index in [1.54, 1.807) is 0 Å². The molecule has 166 valence electrons. The Morgan fingerprint density at radius 3 is 1.83 bits per heavy atom. The normalized spacial score (nSPS) is 35.3. The van der Waals surface area contributed by atoms with Gasteiger partial charge < -0.3 is 9.47 Å². The highest BCUT2D eigenvalue weighted by Gasteiger charge is 2.69. The third kappa shape index (κ3) is 3.49. The largest absolute Gasteiger partial charge is 0.469 e. The summed E-state index contributed by atoms with van der Waals surface area (Å²) in [6.45, 7) is 0. The fourth-order valence-electron chi connectivity index (χ4n) is 5.65. The minimum atomic E-state index is -6.52. The lowest BCUT2D eigenvalue weighted by atomic mass is 9.44. The van der Waals surface area contributed by atoms with Gasteiger partial charge in [0.15, 0.2) is 0 Å². The Bertz CT molecular complexity index is 808. The van der Waals surface area contributed by atoms with Crippen molar-refractivity contribution >= 4 is 22.1 Å². The van der Waals surface area contributed by atoms with Crippen molar-refractivity contribution < 1.29 is 54.0 Å². The summed E-state index contributed by atoms with van der Waals surface area (Å²) in [5, 5.41) is -5.79. The van der Waals surface area contributed by atoms with Crippen LogP contribution in [0.1, 0.15) is 38.5 Å². The summed E-state index contributed by atoms with van der Waals surface area (Å²) in [5.41, 5.74) is -2.74. The molecule has 0 aromatic carbocycles. The van der Waals surface area contributed by atoms with Gasteiger partial charge in [-0.05, 0) is 50.4 Å². The molecule has 4 bridgehead atoms. The second-order valence-corrected chi connectivity index (χ2v) is 9.87. The van der Waals surface area contributed by atoms with Crippen LogP contribution in [0.25, 0.3) is 0 Å². The zero-order valence-electron chi connectivity index (χ0n) is 15.2. The van der Waals surface area contributed by atoms with Crippen LogP contribution in [0.5, 0.6) is 0 Å². The SMILES string of the molecule is COC(=O)C12CC3CC(C1)CC(C(=O)OC(C(F)(F)F)C(F)(F)S(=O)(=O)O)(C3)C2. The second-order valence-electron chi connectivity index (χ2n) is 8.38. The topological polar surface area (TPSA) is 107 Å². The Morgan fingerprint density at radius 1 is 1.00 bits per heavy atom. The van der Waals surface area contributed by atoms with Crippen LogP contribution >= 0.6 is 0 Å². The number of carbonyl (C=O) groups is 2. The molecule has 13 heteroatoms. The summed E-state index contributed by atoms with van der Waals surface area (Å²) in [6.07, 6.45) is -9.09. The maximum atomic E-state index is 13.8. The van der Waals surface area contributed by atoms with E-state index in [1.807, 2.05) is 0 Å². The predicted molar refractivity (Wildman–Crippen MR) is 84.0 cm³/mol. The third-order valence-electron chi connectivity index (χ3n) is 6.28. The molecule has 0 aliphatic heterocycles. The van der Waals surface area contributed by atoms with E-state index in [1.165, 1.54) is 0 Å². The molecule has 4 fully saturated rings. The number of halogens is 5. The number of alkyl halides is 5. The average Bonchev–Trinajstić information content (AvgIpc) is 2.55. The van der Waals surface area contributed by atoms with Gasteiger partial charge in [0, 0.05) is 0 Å². The maximum absolute atomic E-state index is 13.8. The number of methoxy groups -OCH3 is 1. The summed E-state index contributed by atoms with van der Waals surface area (Å²) in [5.74, 6) is -2.67. The van der Waals surface area contributed by atoms with Crippen molar-refractivity contribution in [2.75, 3.05) is 7.11 Å². The highest BCUT2D eigenvalue weighted by atomic mass is 32.2. The zero-order chi connectivity index (χ0) is 22.0. The Labute approximate surface area is 162 Å². The van der Waals surface area contributed by atoms with E-state index in [4.69, 9.17) is 9.29 Å². The van der Waals surface area contributed by atoms with Gasteiger partial charge in [-0.2, -0.15) is 30.4 Å². The molecule has 3 unspecified atom stereocenters. The van der Waals surface area contributed by atoms with Gasteiger partial charge in [-0.15, -0.1) is 0 Å². The lowest BCUT2D eigenvalue weighted by Gasteiger charge is -2.59. The van der Waals surface area contributed by atoms with Crippen LogP contribution in [0.2, 0.25) is 0 Å². The fourth-order valence-corrected chi connectivity index (χ4v) is 6.10. The highest BCUT2D eigenvalue weighted by molar-refractivity contribution is 7.86. The molecule has 0 amide bonds. The molecule has 7 nitrogen and oxygen atoms in total. The van der Waals surface area contributed by atoms with E-state index in [-0.39, 0.29) is 31.1 Å². The van der Waals surface area contributed by atoms with Crippen molar-refractivity contribution in [2.24, 2.45) is 22.7 Å². The van der Waals surface area contributed by atoms with Crippen molar-refractivity contribution in [3.05, 3.63) is 0 Å². The Kier molecular flexibility index (Phi) is 4.97. The average molecular weight is 450 g/mol. The maximum Gasteiger partial charge on any atom is 0.432 e. The van der Waals surface area contributed by atoms with Gasteiger partial charge in [0.1, 0.15) is 0 Å². The smallest absolute Gasteiger partial charge is 0.432 e. The molecule has 1 N–H and O–H groups in total. The number of esters is 2. The zero-order valence-corrected chi connectivity index (χ0v) is 16.0. The Morgan fingerprint density at radius 2 is 1.45 bits per heavy atom. The number of ether oxygens (including phenoxy) is 2. The van der Waals surface area contributed by atoms with E-state index in [2.05, 4.69) is 4.74 Å². The summed E-state index contributed by atoms with van der Waals surface area (Å²) >= 11 is 0. The molecule has 0 spiro atoms. The van der Waals surface area contributed by atoms with Crippen molar-refractivity contribution in [2.45, 2.75) is 56.1 Å². The van der Waals surface area contributed by atoms with Crippen molar-refractivity contribution in [3.8, 4) is 0 Å². The van der Waals surface area contributed by atoms with Gasteiger partial charge in [-0.3, -0.25) is 14.1 Å². The molecular formula is C16H19F5O7S. The first kappa shape index (κ1) is 22.2. The first-order valence-corrected chi connectivity index (χ1v) is 10.2. The Balaban J connectivity index is 1.94. The van der Waals surface area contributed by atoms with E-state index in [9.17, 15) is 40.0 Å². The first-order chi connectivity index (χ1) is 13.1. The summed E-state index contributed by atoms with van der Waals surface area (Å²) in [6, 6.07) is 0. The predicted octanol–water partition coefficient (Wildman–Crippen LogP) is 2.70. The quantitative estimate of drug-likeness (QED) is 0.390. The van der Waals surface area contributed by atoms with Gasteiger partial charge in [0.2, 0.25) is 0 Å². The Hall–Kier alpha value is -1.50. The molecule has 0 saturated heterocycles. The van der Waals surface area contributed by atoms with E-state index in [0.717, 1.165) is 7.11 Å². The number of hydrogen-bond acceptors (Lipinski definition) is 6. The minimum absolute atomic E-state index is 0.0447. The molecule has 3 atom stereocenters. The molecule has 0 radical (unpaired) electrons. The van der Waals surface area contributed by atoms with Gasteiger partial charge in [-0.25, -0.2) is 0 Å². The molecule has 4 saturated carbocycles. The molecular weight excluding hydrogens is 431 g/mol. The minimum Gasteiger partial charge on any atom is -0.469 e. The molecule has 0 aromatic rings. The highest BCUT2D eigenvalue weighted by Crippen LogP contribution is 2.66. The van der Waals surface area contributed by atoms with Gasteiger partial charge >= 0.3 is 33.5 Å². The summed E-state index contributed by atoms with van der Waals surface area (Å²) < 4.78 is 106. The van der Waals surface area contributed by atoms with E-state index < -0.39 is 50.4 Å². The van der Waals surface area contributed by atoms with Crippen LogP contribution in [-0.2, 0) is 29.2 Å². The molecule has 4 aliphatic carbocycles. The van der Waals surface area contributed by atoms with Crippen LogP contribution in [-0.4, -0.2) is 49.6 Å². The van der Waals surface area contributed by atoms with Crippen molar-refractivity contribution in [1.82, 2.24) is 0 Å². The van der Waals surface area contributed by atoms with Crippen LogP contribution in [0, 0.1) is 22.7 Å². The van der Waals surface area contributed by atoms with E-state index in [0.29, 0.717) is 19.3 Å². The lowest BCUT2D eigenvalue weighted by molar-refractivity contribution is -0.267. The molecule has 29 heavy (non-hydrogen) atoms. The van der Waals surface area contributed by atoms with Crippen LogP contribution in [0.4, 0.5) is 22.0 Å². The van der Waals surface area contributed by atoms with Gasteiger partial charge in [0.25, 0.3) is 6.10 Å². The molecule has 0 heterocycles. The first-order valence-electron chi connectivity index (χ1n) is 8.77. The third-order valence-corrected chi connectivity index (χ3v) is 7.19. The number of hydrogen-bond donors (Lipinski definition) is 1. The van der Waals surface area contributed by atoms with Gasteiger partial charge in [0.05, 0.1) is 17.9 Å².